The molecular formula is C21H40N2O. The molecule has 0 spiro atoms. The maximum absolute atomic E-state index is 9.04. The fourth-order valence-electron chi connectivity index (χ4n) is 3.37. The molecule has 0 saturated carbocycles. The standard InChI is InChI=1S/C21H40N2O/c1-2-3-4-5-6-7-8-9-10-11-12-13-14-15-16-21-22-17-18-23(21)19-20-24/h3-4,24H,2,5-20H2,1H3/b4-3+. The van der Waals surface area contributed by atoms with E-state index in [1.807, 2.05) is 0 Å². The van der Waals surface area contributed by atoms with Crippen molar-refractivity contribution in [3.8, 4) is 0 Å². The number of aliphatic imine (C=N–C) groups is 1. The molecule has 140 valence electrons. The largest absolute Gasteiger partial charge is 0.395 e. The molecule has 0 aromatic rings. The van der Waals surface area contributed by atoms with Gasteiger partial charge in [0.1, 0.15) is 0 Å². The van der Waals surface area contributed by atoms with Crippen LogP contribution in [0.3, 0.4) is 0 Å². The topological polar surface area (TPSA) is 35.8 Å². The Labute approximate surface area is 150 Å². The second-order valence-corrected chi connectivity index (χ2v) is 6.96. The van der Waals surface area contributed by atoms with E-state index in [4.69, 9.17) is 5.11 Å². The third-order valence-electron chi connectivity index (χ3n) is 4.82. The van der Waals surface area contributed by atoms with E-state index in [0.29, 0.717) is 0 Å². The van der Waals surface area contributed by atoms with Crippen LogP contribution in [0.2, 0.25) is 0 Å². The summed E-state index contributed by atoms with van der Waals surface area (Å²) in [7, 11) is 0. The van der Waals surface area contributed by atoms with Gasteiger partial charge in [-0.1, -0.05) is 70.4 Å². The maximum Gasteiger partial charge on any atom is 0.0991 e. The normalized spacial score (nSPS) is 14.8. The van der Waals surface area contributed by atoms with Gasteiger partial charge in [-0.3, -0.25) is 4.99 Å². The Balaban J connectivity index is 1.80. The van der Waals surface area contributed by atoms with Gasteiger partial charge in [0.25, 0.3) is 0 Å². The molecule has 3 nitrogen and oxygen atoms in total. The third-order valence-corrected chi connectivity index (χ3v) is 4.82. The summed E-state index contributed by atoms with van der Waals surface area (Å²) in [5.41, 5.74) is 0. The highest BCUT2D eigenvalue weighted by atomic mass is 16.3. The zero-order valence-electron chi connectivity index (χ0n) is 16.0. The minimum atomic E-state index is 0.245. The monoisotopic (exact) mass is 336 g/mol. The summed E-state index contributed by atoms with van der Waals surface area (Å²) < 4.78 is 0. The van der Waals surface area contributed by atoms with Crippen LogP contribution in [-0.2, 0) is 0 Å². The number of allylic oxidation sites excluding steroid dienone is 2. The van der Waals surface area contributed by atoms with Crippen molar-refractivity contribution in [3.63, 3.8) is 0 Å². The Bertz CT molecular complexity index is 339. The molecule has 3 heteroatoms. The summed E-state index contributed by atoms with van der Waals surface area (Å²) in [6.45, 7) is 5.13. The predicted octanol–water partition coefficient (Wildman–Crippen LogP) is 5.34. The smallest absolute Gasteiger partial charge is 0.0991 e. The molecular weight excluding hydrogens is 296 g/mol. The number of hydrogen-bond donors (Lipinski definition) is 1. The Morgan fingerprint density at radius 2 is 1.54 bits per heavy atom. The second-order valence-electron chi connectivity index (χ2n) is 6.96. The molecule has 0 bridgehead atoms. The van der Waals surface area contributed by atoms with Crippen LogP contribution in [0.15, 0.2) is 17.1 Å². The Kier molecular flexibility index (Phi) is 13.9. The molecule has 1 aliphatic heterocycles. The highest BCUT2D eigenvalue weighted by Gasteiger charge is 2.14. The van der Waals surface area contributed by atoms with Crippen molar-refractivity contribution in [1.29, 1.82) is 0 Å². The number of amidine groups is 1. The maximum atomic E-state index is 9.04. The summed E-state index contributed by atoms with van der Waals surface area (Å²) >= 11 is 0. The van der Waals surface area contributed by atoms with Crippen molar-refractivity contribution in [2.75, 3.05) is 26.2 Å². The summed E-state index contributed by atoms with van der Waals surface area (Å²) in [6, 6.07) is 0. The highest BCUT2D eigenvalue weighted by molar-refractivity contribution is 5.83. The Morgan fingerprint density at radius 3 is 2.17 bits per heavy atom. The lowest BCUT2D eigenvalue weighted by atomic mass is 10.0. The lowest BCUT2D eigenvalue weighted by Gasteiger charge is -2.18. The Hall–Kier alpha value is -0.830. The molecule has 0 fully saturated rings. The number of β-amino-alcohol motifs (C(OH)–C–C–N with tert-alkyl or cyclic N) is 1. The summed E-state index contributed by atoms with van der Waals surface area (Å²) in [5.74, 6) is 1.23. The van der Waals surface area contributed by atoms with Crippen LogP contribution < -0.4 is 0 Å². The van der Waals surface area contributed by atoms with Crippen molar-refractivity contribution in [2.24, 2.45) is 4.99 Å². The fraction of sp³-hybridized carbons (Fsp3) is 0.857. The minimum absolute atomic E-state index is 0.245. The van der Waals surface area contributed by atoms with Gasteiger partial charge in [0.2, 0.25) is 0 Å². The number of nitrogens with zero attached hydrogens (tertiary/aromatic N) is 2. The first-order valence-corrected chi connectivity index (χ1v) is 10.4. The van der Waals surface area contributed by atoms with E-state index in [1.165, 1.54) is 82.9 Å². The summed E-state index contributed by atoms with van der Waals surface area (Å²) in [5, 5.41) is 9.04. The van der Waals surface area contributed by atoms with Crippen LogP contribution in [0.25, 0.3) is 0 Å². The van der Waals surface area contributed by atoms with Gasteiger partial charge in [-0.25, -0.2) is 0 Å². The van der Waals surface area contributed by atoms with E-state index in [9.17, 15) is 0 Å². The van der Waals surface area contributed by atoms with Crippen LogP contribution >= 0.6 is 0 Å². The van der Waals surface area contributed by atoms with Crippen molar-refractivity contribution in [3.05, 3.63) is 12.2 Å². The van der Waals surface area contributed by atoms with Crippen LogP contribution in [0, 0.1) is 0 Å². The van der Waals surface area contributed by atoms with Gasteiger partial charge in [0.05, 0.1) is 19.0 Å². The molecule has 0 radical (unpaired) electrons. The molecule has 1 rings (SSSR count). The average Bonchev–Trinajstić information content (AvgIpc) is 3.03. The zero-order chi connectivity index (χ0) is 17.3. The summed E-state index contributed by atoms with van der Waals surface area (Å²) in [6.07, 6.45) is 22.0. The first kappa shape index (κ1) is 21.2. The van der Waals surface area contributed by atoms with Gasteiger partial charge in [0.15, 0.2) is 0 Å². The van der Waals surface area contributed by atoms with Gasteiger partial charge in [-0.05, 0) is 25.7 Å². The molecule has 0 aromatic carbocycles. The molecule has 0 saturated heterocycles. The number of aliphatic hydroxyl groups excluding tert-OH is 1. The lowest BCUT2D eigenvalue weighted by Crippen LogP contribution is -2.30. The van der Waals surface area contributed by atoms with Gasteiger partial charge in [0, 0.05) is 19.5 Å². The van der Waals surface area contributed by atoms with Crippen LogP contribution in [-0.4, -0.2) is 42.1 Å². The van der Waals surface area contributed by atoms with Crippen molar-refractivity contribution in [1.82, 2.24) is 4.90 Å². The van der Waals surface area contributed by atoms with E-state index in [2.05, 4.69) is 29.0 Å². The zero-order valence-corrected chi connectivity index (χ0v) is 16.0. The van der Waals surface area contributed by atoms with E-state index >= 15 is 0 Å². The molecule has 1 N–H and O–H groups in total. The number of aliphatic hydroxyl groups is 1. The third kappa shape index (κ3) is 10.9. The molecule has 24 heavy (non-hydrogen) atoms. The highest BCUT2D eigenvalue weighted by Crippen LogP contribution is 2.14. The first-order chi connectivity index (χ1) is 11.9. The van der Waals surface area contributed by atoms with Crippen molar-refractivity contribution in [2.45, 2.75) is 90.4 Å². The fourth-order valence-corrected chi connectivity index (χ4v) is 3.37. The van der Waals surface area contributed by atoms with E-state index in [-0.39, 0.29) is 6.61 Å². The molecule has 0 amide bonds. The Morgan fingerprint density at radius 1 is 0.917 bits per heavy atom. The number of hydrogen-bond acceptors (Lipinski definition) is 3. The molecule has 0 aromatic heterocycles. The molecule has 0 atom stereocenters. The van der Waals surface area contributed by atoms with E-state index in [1.54, 1.807) is 0 Å². The molecule has 0 unspecified atom stereocenters. The van der Waals surface area contributed by atoms with Gasteiger partial charge in [-0.15, -0.1) is 0 Å². The SMILES string of the molecule is CC/C=C/CCCCCCCCCCCCC1=NCCN1CCO. The lowest BCUT2D eigenvalue weighted by molar-refractivity contribution is 0.255. The van der Waals surface area contributed by atoms with Crippen LogP contribution in [0.4, 0.5) is 0 Å². The molecule has 1 aliphatic rings. The van der Waals surface area contributed by atoms with Gasteiger partial charge < -0.3 is 10.0 Å². The minimum Gasteiger partial charge on any atom is -0.395 e. The number of unbranched alkanes of at least 4 members (excludes halogenated alkanes) is 10. The van der Waals surface area contributed by atoms with Crippen molar-refractivity contribution >= 4 is 5.84 Å². The predicted molar refractivity (Wildman–Crippen MR) is 106 cm³/mol. The van der Waals surface area contributed by atoms with Crippen molar-refractivity contribution < 1.29 is 5.11 Å². The first-order valence-electron chi connectivity index (χ1n) is 10.4. The average molecular weight is 337 g/mol. The number of rotatable bonds is 16. The van der Waals surface area contributed by atoms with Gasteiger partial charge >= 0.3 is 0 Å². The van der Waals surface area contributed by atoms with E-state index < -0.39 is 0 Å². The summed E-state index contributed by atoms with van der Waals surface area (Å²) in [4.78, 5) is 6.81. The van der Waals surface area contributed by atoms with E-state index in [0.717, 1.165) is 26.1 Å². The quantitative estimate of drug-likeness (QED) is 0.305. The molecule has 0 aliphatic carbocycles. The van der Waals surface area contributed by atoms with Crippen LogP contribution in [0.1, 0.15) is 90.4 Å². The van der Waals surface area contributed by atoms with Crippen LogP contribution in [0.5, 0.6) is 0 Å². The van der Waals surface area contributed by atoms with Gasteiger partial charge in [-0.2, -0.15) is 0 Å². The molecule has 1 heterocycles. The second kappa shape index (κ2) is 15.7.